The summed E-state index contributed by atoms with van der Waals surface area (Å²) in [7, 11) is 0. The lowest BCUT2D eigenvalue weighted by atomic mass is 10.3. The van der Waals surface area contributed by atoms with Gasteiger partial charge in [-0.25, -0.2) is 0 Å². The summed E-state index contributed by atoms with van der Waals surface area (Å²) in [5.41, 5.74) is 3.69. The van der Waals surface area contributed by atoms with Gasteiger partial charge in [-0.3, -0.25) is 5.43 Å². The van der Waals surface area contributed by atoms with Crippen molar-refractivity contribution in [3.63, 3.8) is 0 Å². The molecule has 0 saturated heterocycles. The fourth-order valence-electron chi connectivity index (χ4n) is 0.997. The Kier molecular flexibility index (Phi) is 4.74. The van der Waals surface area contributed by atoms with Crippen LogP contribution in [0.5, 0.6) is 0 Å². The van der Waals surface area contributed by atoms with Crippen LogP contribution >= 0.6 is 0 Å². The number of nitrogens with zero attached hydrogens (tertiary/aromatic N) is 2. The van der Waals surface area contributed by atoms with E-state index in [1.807, 2.05) is 43.3 Å². The quantitative estimate of drug-likeness (QED) is 0.464. The zero-order valence-corrected chi connectivity index (χ0v) is 8.60. The maximum atomic E-state index is 8.52. The molecular weight excluding hydrogens is 190 g/mol. The van der Waals surface area contributed by atoms with Crippen LogP contribution in [0.1, 0.15) is 13.3 Å². The molecule has 0 radical (unpaired) electrons. The number of hydrogen-bond donors (Lipinski definition) is 1. The molecular formula is C11H13N3O. The minimum atomic E-state index is 0.174. The van der Waals surface area contributed by atoms with E-state index in [1.54, 1.807) is 0 Å². The van der Waals surface area contributed by atoms with Gasteiger partial charge < -0.3 is 4.74 Å². The van der Waals surface area contributed by atoms with Crippen LogP contribution in [0.2, 0.25) is 0 Å². The molecule has 1 aromatic carbocycles. The Morgan fingerprint density at radius 3 is 2.80 bits per heavy atom. The number of anilines is 1. The van der Waals surface area contributed by atoms with Crippen LogP contribution in [0, 0.1) is 11.3 Å². The largest absolute Gasteiger partial charge is 0.479 e. The molecule has 4 nitrogen and oxygen atoms in total. The number of rotatable bonds is 4. The molecule has 0 atom stereocenters. The molecule has 0 aliphatic carbocycles. The van der Waals surface area contributed by atoms with E-state index in [0.29, 0.717) is 12.5 Å². The highest BCUT2D eigenvalue weighted by molar-refractivity contribution is 5.78. The standard InChI is InChI=1S/C11H13N3O/c1-2-15-11(8-9-12)14-13-10-6-4-3-5-7-10/h3-7,13H,2,8H2,1H3/b14-11+. The van der Waals surface area contributed by atoms with Gasteiger partial charge in [0.15, 0.2) is 0 Å². The van der Waals surface area contributed by atoms with Crippen LogP contribution in [0.3, 0.4) is 0 Å². The van der Waals surface area contributed by atoms with Crippen LogP contribution in [0.15, 0.2) is 35.4 Å². The van der Waals surface area contributed by atoms with Crippen LogP contribution in [0.25, 0.3) is 0 Å². The molecule has 1 N–H and O–H groups in total. The molecule has 0 heterocycles. The summed E-state index contributed by atoms with van der Waals surface area (Å²) in [4.78, 5) is 0. The Morgan fingerprint density at radius 2 is 2.20 bits per heavy atom. The fourth-order valence-corrected chi connectivity index (χ4v) is 0.997. The maximum Gasteiger partial charge on any atom is 0.220 e. The third-order valence-electron chi connectivity index (χ3n) is 1.62. The van der Waals surface area contributed by atoms with Crippen molar-refractivity contribution in [2.45, 2.75) is 13.3 Å². The van der Waals surface area contributed by atoms with Crippen LogP contribution in [-0.4, -0.2) is 12.5 Å². The van der Waals surface area contributed by atoms with Crippen molar-refractivity contribution >= 4 is 11.6 Å². The number of hydrazone groups is 1. The molecule has 1 aromatic rings. The molecule has 0 amide bonds. The molecule has 0 aliphatic rings. The van der Waals surface area contributed by atoms with E-state index < -0.39 is 0 Å². The van der Waals surface area contributed by atoms with Crippen molar-refractivity contribution in [3.8, 4) is 6.07 Å². The number of hydrogen-bond acceptors (Lipinski definition) is 4. The summed E-state index contributed by atoms with van der Waals surface area (Å²) in [6.07, 6.45) is 0.174. The molecule has 0 fully saturated rings. The fraction of sp³-hybridized carbons (Fsp3) is 0.273. The second kappa shape index (κ2) is 6.44. The van der Waals surface area contributed by atoms with E-state index in [1.165, 1.54) is 0 Å². The molecule has 0 aliphatic heterocycles. The molecule has 15 heavy (non-hydrogen) atoms. The first-order valence-electron chi connectivity index (χ1n) is 4.74. The SMILES string of the molecule is CCO/C(CC#N)=N/Nc1ccccc1. The van der Waals surface area contributed by atoms with Gasteiger partial charge in [0, 0.05) is 0 Å². The van der Waals surface area contributed by atoms with Gasteiger partial charge in [0.25, 0.3) is 0 Å². The summed E-state index contributed by atoms with van der Waals surface area (Å²) >= 11 is 0. The van der Waals surface area contributed by atoms with Gasteiger partial charge in [-0.15, -0.1) is 5.10 Å². The van der Waals surface area contributed by atoms with Crippen molar-refractivity contribution < 1.29 is 4.74 Å². The van der Waals surface area contributed by atoms with Gasteiger partial charge >= 0.3 is 0 Å². The van der Waals surface area contributed by atoms with Gasteiger partial charge in [-0.2, -0.15) is 5.26 Å². The topological polar surface area (TPSA) is 57.4 Å². The van der Waals surface area contributed by atoms with Crippen LogP contribution in [-0.2, 0) is 4.74 Å². The normalized spacial score (nSPS) is 10.5. The Morgan fingerprint density at radius 1 is 1.47 bits per heavy atom. The third kappa shape index (κ3) is 4.14. The molecule has 0 bridgehead atoms. The maximum absolute atomic E-state index is 8.52. The van der Waals surface area contributed by atoms with Crippen molar-refractivity contribution in [3.05, 3.63) is 30.3 Å². The van der Waals surface area contributed by atoms with Gasteiger partial charge in [0.2, 0.25) is 5.90 Å². The molecule has 0 saturated carbocycles. The summed E-state index contributed by atoms with van der Waals surface area (Å²) in [5.74, 6) is 0.406. The van der Waals surface area contributed by atoms with E-state index in [2.05, 4.69) is 10.5 Å². The first-order valence-corrected chi connectivity index (χ1v) is 4.74. The minimum Gasteiger partial charge on any atom is -0.479 e. The average molecular weight is 203 g/mol. The van der Waals surface area contributed by atoms with Gasteiger partial charge in [-0.05, 0) is 19.1 Å². The predicted molar refractivity (Wildman–Crippen MR) is 59.4 cm³/mol. The summed E-state index contributed by atoms with van der Waals surface area (Å²) in [6.45, 7) is 2.37. The molecule has 0 unspecified atom stereocenters. The van der Waals surface area contributed by atoms with E-state index in [0.717, 1.165) is 5.69 Å². The Labute approximate surface area is 89.2 Å². The molecule has 78 valence electrons. The second-order valence-corrected chi connectivity index (χ2v) is 2.75. The van der Waals surface area contributed by atoms with Crippen molar-refractivity contribution in [1.29, 1.82) is 5.26 Å². The lowest BCUT2D eigenvalue weighted by Gasteiger charge is -2.04. The van der Waals surface area contributed by atoms with E-state index in [-0.39, 0.29) is 6.42 Å². The second-order valence-electron chi connectivity index (χ2n) is 2.75. The number of ether oxygens (including phenoxy) is 1. The summed E-state index contributed by atoms with van der Waals surface area (Å²) in [6, 6.07) is 11.5. The number of nitrogens with one attached hydrogen (secondary N) is 1. The van der Waals surface area contributed by atoms with Crippen LogP contribution < -0.4 is 5.43 Å². The molecule has 4 heteroatoms. The highest BCUT2D eigenvalue weighted by Crippen LogP contribution is 2.04. The lowest BCUT2D eigenvalue weighted by Crippen LogP contribution is -2.06. The van der Waals surface area contributed by atoms with E-state index >= 15 is 0 Å². The van der Waals surface area contributed by atoms with E-state index in [4.69, 9.17) is 10.00 Å². The number of benzene rings is 1. The average Bonchev–Trinajstić information content (AvgIpc) is 2.28. The first kappa shape index (κ1) is 11.1. The minimum absolute atomic E-state index is 0.174. The smallest absolute Gasteiger partial charge is 0.220 e. The van der Waals surface area contributed by atoms with Gasteiger partial charge in [0.1, 0.15) is 6.42 Å². The zero-order chi connectivity index (χ0) is 10.9. The van der Waals surface area contributed by atoms with Crippen molar-refractivity contribution in [2.24, 2.45) is 5.10 Å². The zero-order valence-electron chi connectivity index (χ0n) is 8.60. The van der Waals surface area contributed by atoms with Crippen LogP contribution in [0.4, 0.5) is 5.69 Å². The highest BCUT2D eigenvalue weighted by atomic mass is 16.5. The first-order chi connectivity index (χ1) is 7.36. The Balaban J connectivity index is 2.57. The molecule has 0 aromatic heterocycles. The predicted octanol–water partition coefficient (Wildman–Crippen LogP) is 2.36. The molecule has 0 spiro atoms. The van der Waals surface area contributed by atoms with E-state index in [9.17, 15) is 0 Å². The highest BCUT2D eigenvalue weighted by Gasteiger charge is 1.97. The van der Waals surface area contributed by atoms with Gasteiger partial charge in [-0.1, -0.05) is 18.2 Å². The lowest BCUT2D eigenvalue weighted by molar-refractivity contribution is 0.320. The molecule has 1 rings (SSSR count). The number of para-hydroxylation sites is 1. The van der Waals surface area contributed by atoms with Gasteiger partial charge in [0.05, 0.1) is 18.4 Å². The monoisotopic (exact) mass is 203 g/mol. The number of nitriles is 1. The summed E-state index contributed by atoms with van der Waals surface area (Å²) < 4.78 is 5.17. The summed E-state index contributed by atoms with van der Waals surface area (Å²) in [5, 5.41) is 12.5. The Bertz CT molecular complexity index is 354. The van der Waals surface area contributed by atoms with Crippen molar-refractivity contribution in [1.82, 2.24) is 0 Å². The van der Waals surface area contributed by atoms with Crippen molar-refractivity contribution in [2.75, 3.05) is 12.0 Å². The Hall–Kier alpha value is -2.02. The third-order valence-corrected chi connectivity index (χ3v) is 1.62.